The first kappa shape index (κ1) is 13.8. The average molecular weight is 279 g/mol. The first-order valence-corrected chi connectivity index (χ1v) is 8.18. The molecule has 0 fully saturated rings. The summed E-state index contributed by atoms with van der Waals surface area (Å²) in [7, 11) is -3.24. The van der Waals surface area contributed by atoms with Crippen molar-refractivity contribution in [1.82, 2.24) is 4.98 Å². The summed E-state index contributed by atoms with van der Waals surface area (Å²) in [5, 5.41) is 1.09. The second-order valence-corrected chi connectivity index (χ2v) is 7.14. The highest BCUT2D eigenvalue weighted by Crippen LogP contribution is 2.27. The first-order valence-electron chi connectivity index (χ1n) is 6.12. The van der Waals surface area contributed by atoms with Gasteiger partial charge in [-0.05, 0) is 17.5 Å². The number of aromatic nitrogens is 1. The Morgan fingerprint density at radius 1 is 1.32 bits per heavy atom. The highest BCUT2D eigenvalue weighted by atomic mass is 32.2. The monoisotopic (exact) mass is 279 g/mol. The molecule has 1 heterocycles. The van der Waals surface area contributed by atoms with Crippen molar-refractivity contribution in [3.05, 3.63) is 36.0 Å². The zero-order valence-electron chi connectivity index (χ0n) is 11.0. The van der Waals surface area contributed by atoms with Gasteiger partial charge in [-0.2, -0.15) is 0 Å². The van der Waals surface area contributed by atoms with Crippen LogP contribution < -0.4 is 0 Å². The zero-order chi connectivity index (χ0) is 14.0. The number of H-pyrrole nitrogens is 1. The number of sulfone groups is 1. The Hall–Kier alpha value is -1.62. The fraction of sp³-hybridized carbons (Fsp3) is 0.357. The van der Waals surface area contributed by atoms with Gasteiger partial charge in [-0.15, -0.1) is 0 Å². The molecular weight excluding hydrogens is 262 g/mol. The molecule has 0 bridgehead atoms. The summed E-state index contributed by atoms with van der Waals surface area (Å²) in [5.74, 6) is -0.606. The number of rotatable bonds is 5. The summed E-state index contributed by atoms with van der Waals surface area (Å²) in [6, 6.07) is 7.87. The summed E-state index contributed by atoms with van der Waals surface area (Å²) < 4.78 is 22.2. The normalized spacial score (nSPS) is 13.6. The van der Waals surface area contributed by atoms with E-state index in [9.17, 15) is 13.2 Å². The van der Waals surface area contributed by atoms with Crippen LogP contribution in [0.3, 0.4) is 0 Å². The fourth-order valence-electron chi connectivity index (χ4n) is 2.30. The number of fused-ring (bicyclic) bond motifs is 1. The van der Waals surface area contributed by atoms with E-state index >= 15 is 0 Å². The summed E-state index contributed by atoms with van der Waals surface area (Å²) in [6.45, 7) is 1.94. The molecule has 5 heteroatoms. The van der Waals surface area contributed by atoms with Gasteiger partial charge in [0.05, 0.1) is 0 Å². The molecule has 1 atom stereocenters. The third kappa shape index (κ3) is 3.44. The van der Waals surface area contributed by atoms with Gasteiger partial charge in [-0.25, -0.2) is 8.42 Å². The van der Waals surface area contributed by atoms with Crippen molar-refractivity contribution >= 4 is 26.5 Å². The lowest BCUT2D eigenvalue weighted by molar-refractivity contribution is -0.116. The van der Waals surface area contributed by atoms with E-state index in [0.717, 1.165) is 22.7 Å². The summed E-state index contributed by atoms with van der Waals surface area (Å²) >= 11 is 0. The molecule has 0 aliphatic heterocycles. The fourth-order valence-corrected chi connectivity index (χ4v) is 3.01. The minimum atomic E-state index is -3.24. The van der Waals surface area contributed by atoms with Crippen LogP contribution in [0, 0.1) is 0 Å². The first-order chi connectivity index (χ1) is 8.87. The van der Waals surface area contributed by atoms with E-state index in [2.05, 4.69) is 4.98 Å². The predicted molar refractivity (Wildman–Crippen MR) is 76.0 cm³/mol. The number of ketones is 1. The molecule has 1 N–H and O–H groups in total. The molecule has 2 aromatic rings. The molecule has 0 radical (unpaired) electrons. The van der Waals surface area contributed by atoms with Crippen molar-refractivity contribution in [1.29, 1.82) is 0 Å². The van der Waals surface area contributed by atoms with Crippen LogP contribution in [-0.2, 0) is 14.6 Å². The number of Topliss-reactive ketones (excluding diaryl/α,β-unsaturated/α-hetero) is 1. The molecule has 1 unspecified atom stereocenters. The molecule has 1 aromatic carbocycles. The van der Waals surface area contributed by atoms with Crippen molar-refractivity contribution in [2.24, 2.45) is 0 Å². The molecule has 0 saturated carbocycles. The third-order valence-corrected chi connectivity index (χ3v) is 3.96. The standard InChI is InChI=1S/C14H17NO3S/c1-10(7-11(16)9-19(2,17)18)13-8-15-14-6-4-3-5-12(13)14/h3-6,8,10,15H,7,9H2,1-2H3. The maximum absolute atomic E-state index is 11.7. The van der Waals surface area contributed by atoms with Crippen LogP contribution in [0.15, 0.2) is 30.5 Å². The number of para-hydroxylation sites is 1. The maximum Gasteiger partial charge on any atom is 0.154 e. The van der Waals surface area contributed by atoms with Crippen LogP contribution in [0.4, 0.5) is 0 Å². The van der Waals surface area contributed by atoms with Crippen molar-refractivity contribution in [3.63, 3.8) is 0 Å². The molecule has 2 rings (SSSR count). The highest BCUT2D eigenvalue weighted by molar-refractivity contribution is 7.91. The number of aromatic amines is 1. The topological polar surface area (TPSA) is 67.0 Å². The van der Waals surface area contributed by atoms with E-state index in [1.54, 1.807) is 0 Å². The minimum Gasteiger partial charge on any atom is -0.361 e. The molecule has 0 aliphatic carbocycles. The van der Waals surface area contributed by atoms with E-state index in [4.69, 9.17) is 0 Å². The lowest BCUT2D eigenvalue weighted by atomic mass is 9.96. The lowest BCUT2D eigenvalue weighted by Crippen LogP contribution is -2.16. The molecule has 4 nitrogen and oxygen atoms in total. The van der Waals surface area contributed by atoms with Crippen molar-refractivity contribution < 1.29 is 13.2 Å². The SMILES string of the molecule is CC(CC(=O)CS(C)(=O)=O)c1c[nH]c2ccccc12. The maximum atomic E-state index is 11.7. The van der Waals surface area contributed by atoms with E-state index in [1.165, 1.54) is 0 Å². The average Bonchev–Trinajstić information content (AvgIpc) is 2.69. The van der Waals surface area contributed by atoms with E-state index in [1.807, 2.05) is 37.4 Å². The van der Waals surface area contributed by atoms with Crippen molar-refractivity contribution in [2.45, 2.75) is 19.3 Å². The highest BCUT2D eigenvalue weighted by Gasteiger charge is 2.17. The second-order valence-electron chi connectivity index (χ2n) is 5.00. The Morgan fingerprint density at radius 3 is 2.68 bits per heavy atom. The van der Waals surface area contributed by atoms with Crippen LogP contribution in [-0.4, -0.2) is 31.2 Å². The molecule has 0 spiro atoms. The van der Waals surface area contributed by atoms with E-state index in [0.29, 0.717) is 0 Å². The number of carbonyl (C=O) groups is 1. The van der Waals surface area contributed by atoms with Gasteiger partial charge >= 0.3 is 0 Å². The Kier molecular flexibility index (Phi) is 3.75. The van der Waals surface area contributed by atoms with Crippen LogP contribution >= 0.6 is 0 Å². The van der Waals surface area contributed by atoms with Crippen molar-refractivity contribution in [3.8, 4) is 0 Å². The van der Waals surface area contributed by atoms with Gasteiger partial charge in [0.15, 0.2) is 9.84 Å². The van der Waals surface area contributed by atoms with Gasteiger partial charge in [0.2, 0.25) is 0 Å². The summed E-state index contributed by atoms with van der Waals surface area (Å²) in [4.78, 5) is 14.9. The smallest absolute Gasteiger partial charge is 0.154 e. The Balaban J connectivity index is 2.16. The predicted octanol–water partition coefficient (Wildman–Crippen LogP) is 2.28. The van der Waals surface area contributed by atoms with E-state index < -0.39 is 9.84 Å². The molecule has 19 heavy (non-hydrogen) atoms. The molecule has 0 aliphatic rings. The van der Waals surface area contributed by atoms with Crippen molar-refractivity contribution in [2.75, 3.05) is 12.0 Å². The quantitative estimate of drug-likeness (QED) is 0.913. The Bertz CT molecular complexity index is 700. The van der Waals surface area contributed by atoms with Gasteiger partial charge in [0.1, 0.15) is 11.5 Å². The minimum absolute atomic E-state index is 0.00500. The second kappa shape index (κ2) is 5.17. The number of hydrogen-bond acceptors (Lipinski definition) is 3. The summed E-state index contributed by atoms with van der Waals surface area (Å²) in [6.07, 6.45) is 3.22. The van der Waals surface area contributed by atoms with Crippen LogP contribution in [0.25, 0.3) is 10.9 Å². The number of nitrogens with one attached hydrogen (secondary N) is 1. The number of benzene rings is 1. The van der Waals surface area contributed by atoms with Gasteiger partial charge in [-0.3, -0.25) is 4.79 Å². The van der Waals surface area contributed by atoms with Gasteiger partial charge in [0.25, 0.3) is 0 Å². The largest absolute Gasteiger partial charge is 0.361 e. The molecule has 0 saturated heterocycles. The molecule has 0 amide bonds. The van der Waals surface area contributed by atoms with Crippen LogP contribution in [0.1, 0.15) is 24.8 Å². The summed E-state index contributed by atoms with van der Waals surface area (Å²) in [5.41, 5.74) is 2.08. The molecule has 102 valence electrons. The number of hydrogen-bond donors (Lipinski definition) is 1. The Morgan fingerprint density at radius 2 is 2.00 bits per heavy atom. The molecule has 1 aromatic heterocycles. The lowest BCUT2D eigenvalue weighted by Gasteiger charge is -2.09. The Labute approximate surface area is 112 Å². The van der Waals surface area contributed by atoms with Gasteiger partial charge in [-0.1, -0.05) is 25.1 Å². The van der Waals surface area contributed by atoms with E-state index in [-0.39, 0.29) is 23.9 Å². The van der Waals surface area contributed by atoms with Crippen LogP contribution in [0.2, 0.25) is 0 Å². The molecular formula is C14H17NO3S. The third-order valence-electron chi connectivity index (χ3n) is 3.11. The zero-order valence-corrected chi connectivity index (χ0v) is 11.8. The van der Waals surface area contributed by atoms with Gasteiger partial charge in [0, 0.05) is 29.8 Å². The number of carbonyl (C=O) groups excluding carboxylic acids is 1. The van der Waals surface area contributed by atoms with Crippen LogP contribution in [0.5, 0.6) is 0 Å². The van der Waals surface area contributed by atoms with Gasteiger partial charge < -0.3 is 4.98 Å².